The maximum atomic E-state index is 11.8. The molecule has 0 bridgehead atoms. The quantitative estimate of drug-likeness (QED) is 0.642. The fraction of sp³-hybridized carbons (Fsp3) is 0.500. The maximum Gasteiger partial charge on any atom is 0.255 e. The van der Waals surface area contributed by atoms with Crippen molar-refractivity contribution in [3.05, 3.63) is 23.8 Å². The number of phenolic OH excluding ortho intramolecular Hbond substituents is 2. The molecule has 0 spiro atoms. The lowest BCUT2D eigenvalue weighted by atomic mass is 10.1. The first-order valence-electron chi connectivity index (χ1n) is 6.44. The summed E-state index contributed by atoms with van der Waals surface area (Å²) in [6, 6.07) is 3.97. The maximum absolute atomic E-state index is 11.8. The average molecular weight is 283 g/mol. The third-order valence-corrected chi connectivity index (χ3v) is 3.48. The highest BCUT2D eigenvalue weighted by atomic mass is 32.2. The zero-order valence-corrected chi connectivity index (χ0v) is 12.0. The summed E-state index contributed by atoms with van der Waals surface area (Å²) in [5.41, 5.74) is 0.195. The van der Waals surface area contributed by atoms with Gasteiger partial charge in [-0.25, -0.2) is 0 Å². The molecule has 0 aliphatic carbocycles. The topological polar surface area (TPSA) is 69.6 Å². The van der Waals surface area contributed by atoms with Crippen molar-refractivity contribution in [2.45, 2.75) is 25.7 Å². The predicted molar refractivity (Wildman–Crippen MR) is 79.0 cm³/mol. The number of amides is 1. The number of carbonyl (C=O) groups is 1. The number of benzene rings is 1. The molecule has 1 rings (SSSR count). The summed E-state index contributed by atoms with van der Waals surface area (Å²) in [6.07, 6.45) is 6.54. The number of unbranched alkanes of at least 4 members (excludes halogenated alkanes) is 3. The van der Waals surface area contributed by atoms with E-state index in [-0.39, 0.29) is 23.0 Å². The lowest BCUT2D eigenvalue weighted by molar-refractivity contribution is 0.0950. The molecule has 0 heterocycles. The first-order valence-corrected chi connectivity index (χ1v) is 7.83. The van der Waals surface area contributed by atoms with Gasteiger partial charge < -0.3 is 15.5 Å². The van der Waals surface area contributed by atoms with E-state index in [1.807, 2.05) is 11.8 Å². The van der Waals surface area contributed by atoms with Crippen LogP contribution in [0.2, 0.25) is 0 Å². The second kappa shape index (κ2) is 8.69. The summed E-state index contributed by atoms with van der Waals surface area (Å²) in [7, 11) is 0. The van der Waals surface area contributed by atoms with Gasteiger partial charge in [-0.05, 0) is 37.0 Å². The van der Waals surface area contributed by atoms with Crippen LogP contribution in [0, 0.1) is 0 Å². The van der Waals surface area contributed by atoms with Crippen LogP contribution in [0.5, 0.6) is 11.5 Å². The Kier molecular flexibility index (Phi) is 7.18. The Morgan fingerprint density at radius 3 is 2.63 bits per heavy atom. The van der Waals surface area contributed by atoms with E-state index in [9.17, 15) is 9.90 Å². The Hall–Kier alpha value is -1.36. The first kappa shape index (κ1) is 15.7. The van der Waals surface area contributed by atoms with Crippen molar-refractivity contribution in [3.8, 4) is 11.5 Å². The van der Waals surface area contributed by atoms with Crippen LogP contribution >= 0.6 is 11.8 Å². The molecule has 0 atom stereocenters. The number of hydrogen-bond donors (Lipinski definition) is 3. The van der Waals surface area contributed by atoms with Gasteiger partial charge in [-0.2, -0.15) is 11.8 Å². The number of carbonyl (C=O) groups excluding carboxylic acids is 1. The lowest BCUT2D eigenvalue weighted by Crippen LogP contribution is -2.24. The summed E-state index contributed by atoms with van der Waals surface area (Å²) < 4.78 is 0. The van der Waals surface area contributed by atoms with E-state index >= 15 is 0 Å². The van der Waals surface area contributed by atoms with Crippen LogP contribution < -0.4 is 5.32 Å². The highest BCUT2D eigenvalue weighted by molar-refractivity contribution is 7.98. The van der Waals surface area contributed by atoms with Gasteiger partial charge in [0.15, 0.2) is 0 Å². The number of aromatic hydroxyl groups is 2. The minimum atomic E-state index is -0.304. The molecule has 0 aromatic heterocycles. The number of thioether (sulfide) groups is 1. The minimum Gasteiger partial charge on any atom is -0.508 e. The van der Waals surface area contributed by atoms with Gasteiger partial charge in [-0.1, -0.05) is 12.8 Å². The molecule has 3 N–H and O–H groups in total. The molecule has 0 radical (unpaired) electrons. The van der Waals surface area contributed by atoms with Crippen molar-refractivity contribution in [1.29, 1.82) is 0 Å². The Morgan fingerprint density at radius 1 is 1.21 bits per heavy atom. The van der Waals surface area contributed by atoms with Gasteiger partial charge in [0.2, 0.25) is 0 Å². The zero-order chi connectivity index (χ0) is 14.1. The van der Waals surface area contributed by atoms with Crippen LogP contribution in [0.15, 0.2) is 18.2 Å². The van der Waals surface area contributed by atoms with E-state index in [0.29, 0.717) is 6.54 Å². The zero-order valence-electron chi connectivity index (χ0n) is 11.2. The van der Waals surface area contributed by atoms with Crippen LogP contribution in [-0.4, -0.2) is 34.7 Å². The highest BCUT2D eigenvalue weighted by Crippen LogP contribution is 2.22. The van der Waals surface area contributed by atoms with Crippen LogP contribution in [0.1, 0.15) is 36.0 Å². The van der Waals surface area contributed by atoms with Crippen LogP contribution in [0.3, 0.4) is 0 Å². The Balaban J connectivity index is 2.24. The van der Waals surface area contributed by atoms with Crippen LogP contribution in [-0.2, 0) is 0 Å². The third kappa shape index (κ3) is 5.87. The Morgan fingerprint density at radius 2 is 1.95 bits per heavy atom. The van der Waals surface area contributed by atoms with Gasteiger partial charge in [-0.15, -0.1) is 0 Å². The SMILES string of the molecule is CSCCCCCCNC(=O)c1ccc(O)cc1O. The van der Waals surface area contributed by atoms with E-state index in [4.69, 9.17) is 5.11 Å². The van der Waals surface area contributed by atoms with Gasteiger partial charge in [0.1, 0.15) is 11.5 Å². The third-order valence-electron chi connectivity index (χ3n) is 2.79. The molecule has 0 aliphatic heterocycles. The molecule has 0 unspecified atom stereocenters. The second-order valence-corrected chi connectivity index (χ2v) is 5.35. The molecule has 1 amide bonds. The number of phenols is 2. The molecular weight excluding hydrogens is 262 g/mol. The molecule has 0 aliphatic rings. The van der Waals surface area contributed by atoms with Crippen molar-refractivity contribution in [3.63, 3.8) is 0 Å². The normalized spacial score (nSPS) is 10.4. The van der Waals surface area contributed by atoms with Gasteiger partial charge in [-0.3, -0.25) is 4.79 Å². The van der Waals surface area contributed by atoms with Gasteiger partial charge >= 0.3 is 0 Å². The van der Waals surface area contributed by atoms with E-state index in [2.05, 4.69) is 11.6 Å². The molecule has 5 heteroatoms. The predicted octanol–water partition coefficient (Wildman–Crippen LogP) is 2.75. The van der Waals surface area contributed by atoms with Crippen LogP contribution in [0.25, 0.3) is 0 Å². The van der Waals surface area contributed by atoms with Crippen molar-refractivity contribution in [2.75, 3.05) is 18.6 Å². The standard InChI is InChI=1S/C14H21NO3S/c1-19-9-5-3-2-4-8-15-14(18)12-7-6-11(16)10-13(12)17/h6-7,10,16-17H,2-5,8-9H2,1H3,(H,15,18). The first-order chi connectivity index (χ1) is 9.15. The number of hydrogen-bond acceptors (Lipinski definition) is 4. The highest BCUT2D eigenvalue weighted by Gasteiger charge is 2.10. The van der Waals surface area contributed by atoms with Gasteiger partial charge in [0.25, 0.3) is 5.91 Å². The summed E-state index contributed by atoms with van der Waals surface area (Å²) in [5, 5.41) is 21.4. The molecule has 1 aromatic carbocycles. The Labute approximate surface area is 118 Å². The van der Waals surface area contributed by atoms with Crippen LogP contribution in [0.4, 0.5) is 0 Å². The fourth-order valence-electron chi connectivity index (χ4n) is 1.73. The van der Waals surface area contributed by atoms with E-state index < -0.39 is 0 Å². The molecule has 0 saturated carbocycles. The molecule has 19 heavy (non-hydrogen) atoms. The molecule has 4 nitrogen and oxygen atoms in total. The van der Waals surface area contributed by atoms with Crippen molar-refractivity contribution in [1.82, 2.24) is 5.32 Å². The molecule has 0 saturated heterocycles. The monoisotopic (exact) mass is 283 g/mol. The summed E-state index contributed by atoms with van der Waals surface area (Å²) in [6.45, 7) is 0.610. The Bertz CT molecular complexity index is 410. The fourth-order valence-corrected chi connectivity index (χ4v) is 2.23. The van der Waals surface area contributed by atoms with E-state index in [0.717, 1.165) is 18.9 Å². The summed E-state index contributed by atoms with van der Waals surface area (Å²) >= 11 is 1.85. The van der Waals surface area contributed by atoms with Gasteiger partial charge in [0.05, 0.1) is 5.56 Å². The molecule has 0 fully saturated rings. The number of rotatable bonds is 8. The molecular formula is C14H21NO3S. The van der Waals surface area contributed by atoms with E-state index in [1.54, 1.807) is 0 Å². The minimum absolute atomic E-state index is 0.0529. The lowest BCUT2D eigenvalue weighted by Gasteiger charge is -2.07. The molecule has 106 valence electrons. The summed E-state index contributed by atoms with van der Waals surface area (Å²) in [5.74, 6) is 0.634. The summed E-state index contributed by atoms with van der Waals surface area (Å²) in [4.78, 5) is 11.8. The van der Waals surface area contributed by atoms with Crippen molar-refractivity contribution in [2.24, 2.45) is 0 Å². The van der Waals surface area contributed by atoms with Gasteiger partial charge in [0, 0.05) is 12.6 Å². The largest absolute Gasteiger partial charge is 0.508 e. The van der Waals surface area contributed by atoms with Crippen molar-refractivity contribution < 1.29 is 15.0 Å². The number of nitrogens with one attached hydrogen (secondary N) is 1. The second-order valence-electron chi connectivity index (χ2n) is 4.36. The van der Waals surface area contributed by atoms with Crippen molar-refractivity contribution >= 4 is 17.7 Å². The smallest absolute Gasteiger partial charge is 0.255 e. The van der Waals surface area contributed by atoms with E-state index in [1.165, 1.54) is 30.7 Å². The average Bonchev–Trinajstić information content (AvgIpc) is 2.37. The molecule has 1 aromatic rings.